The first-order valence-electron chi connectivity index (χ1n) is 5.60. The van der Waals surface area contributed by atoms with Crippen LogP contribution in [0, 0.1) is 0 Å². The van der Waals surface area contributed by atoms with Gasteiger partial charge < -0.3 is 5.32 Å². The lowest BCUT2D eigenvalue weighted by atomic mass is 9.90. The number of fused-ring (bicyclic) bond motifs is 3. The van der Waals surface area contributed by atoms with Crippen LogP contribution >= 0.6 is 0 Å². The fourth-order valence-electron chi connectivity index (χ4n) is 2.56. The van der Waals surface area contributed by atoms with Crippen LogP contribution in [-0.4, -0.2) is 6.54 Å². The summed E-state index contributed by atoms with van der Waals surface area (Å²) in [5, 5.41) is 6.30. The van der Waals surface area contributed by atoms with Gasteiger partial charge in [0.15, 0.2) is 0 Å². The molecule has 2 aromatic rings. The summed E-state index contributed by atoms with van der Waals surface area (Å²) in [6.45, 7) is 3.34. The number of benzene rings is 2. The van der Waals surface area contributed by atoms with Crippen LogP contribution in [0.1, 0.15) is 24.1 Å². The van der Waals surface area contributed by atoms with Crippen LogP contribution in [0.3, 0.4) is 0 Å². The Balaban J connectivity index is 2.33. The maximum Gasteiger partial charge on any atom is 0.0294 e. The first-order valence-corrected chi connectivity index (χ1v) is 5.60. The van der Waals surface area contributed by atoms with Crippen molar-refractivity contribution in [1.29, 1.82) is 0 Å². The molecule has 1 nitrogen and oxygen atoms in total. The van der Waals surface area contributed by atoms with E-state index in [9.17, 15) is 0 Å². The van der Waals surface area contributed by atoms with Crippen molar-refractivity contribution in [2.75, 3.05) is 6.54 Å². The molecular formula is C14H15N. The minimum atomic E-state index is 0.498. The Bertz CT molecular complexity index is 502. The summed E-state index contributed by atoms with van der Waals surface area (Å²) in [6, 6.07) is 13.7. The van der Waals surface area contributed by atoms with Gasteiger partial charge in [0.25, 0.3) is 0 Å². The van der Waals surface area contributed by atoms with Crippen LogP contribution in [0.4, 0.5) is 0 Å². The van der Waals surface area contributed by atoms with Gasteiger partial charge in [0.1, 0.15) is 0 Å². The van der Waals surface area contributed by atoms with Gasteiger partial charge in [0.05, 0.1) is 0 Å². The maximum absolute atomic E-state index is 3.50. The minimum absolute atomic E-state index is 0.498. The van der Waals surface area contributed by atoms with Gasteiger partial charge in [-0.05, 0) is 41.8 Å². The Kier molecular flexibility index (Phi) is 2.00. The summed E-state index contributed by atoms with van der Waals surface area (Å²) in [4.78, 5) is 0. The summed E-state index contributed by atoms with van der Waals surface area (Å²) in [7, 11) is 0. The van der Waals surface area contributed by atoms with E-state index in [4.69, 9.17) is 0 Å². The van der Waals surface area contributed by atoms with E-state index in [1.807, 2.05) is 0 Å². The van der Waals surface area contributed by atoms with Crippen molar-refractivity contribution in [3.05, 3.63) is 47.5 Å². The predicted molar refractivity (Wildman–Crippen MR) is 64.1 cm³/mol. The molecular weight excluding hydrogens is 182 g/mol. The van der Waals surface area contributed by atoms with Gasteiger partial charge in [-0.15, -0.1) is 0 Å². The zero-order valence-electron chi connectivity index (χ0n) is 8.96. The van der Waals surface area contributed by atoms with Crippen molar-refractivity contribution >= 4 is 10.8 Å². The number of nitrogens with one attached hydrogen (secondary N) is 1. The fourth-order valence-corrected chi connectivity index (χ4v) is 2.56. The topological polar surface area (TPSA) is 12.0 Å². The van der Waals surface area contributed by atoms with Crippen molar-refractivity contribution in [3.63, 3.8) is 0 Å². The lowest BCUT2D eigenvalue weighted by Crippen LogP contribution is -2.27. The molecule has 0 bridgehead atoms. The Hall–Kier alpha value is -1.34. The van der Waals surface area contributed by atoms with E-state index >= 15 is 0 Å². The molecule has 0 spiro atoms. The van der Waals surface area contributed by atoms with E-state index in [1.165, 1.54) is 16.3 Å². The highest BCUT2D eigenvalue weighted by atomic mass is 14.9. The molecule has 1 atom stereocenters. The van der Waals surface area contributed by atoms with Gasteiger partial charge in [0.2, 0.25) is 0 Å². The molecule has 0 amide bonds. The monoisotopic (exact) mass is 197 g/mol. The first kappa shape index (κ1) is 8.93. The standard InChI is InChI=1S/C14H15N/c1-10-12-7-6-11-4-2-3-5-13(11)14(12)8-9-15-10/h2-7,10,15H,8-9H2,1H3. The molecule has 15 heavy (non-hydrogen) atoms. The van der Waals surface area contributed by atoms with Crippen LogP contribution in [0.5, 0.6) is 0 Å². The van der Waals surface area contributed by atoms with E-state index < -0.39 is 0 Å². The van der Waals surface area contributed by atoms with Crippen molar-refractivity contribution < 1.29 is 0 Å². The zero-order valence-corrected chi connectivity index (χ0v) is 8.96. The number of rotatable bonds is 0. The van der Waals surface area contributed by atoms with Crippen molar-refractivity contribution in [3.8, 4) is 0 Å². The fraction of sp³-hybridized carbons (Fsp3) is 0.286. The van der Waals surface area contributed by atoms with Gasteiger partial charge in [-0.25, -0.2) is 0 Å². The highest BCUT2D eigenvalue weighted by Crippen LogP contribution is 2.29. The van der Waals surface area contributed by atoms with Crippen molar-refractivity contribution in [2.24, 2.45) is 0 Å². The molecule has 1 unspecified atom stereocenters. The molecule has 0 saturated carbocycles. The Morgan fingerprint density at radius 3 is 2.93 bits per heavy atom. The van der Waals surface area contributed by atoms with Crippen LogP contribution in [0.25, 0.3) is 10.8 Å². The molecule has 0 aliphatic carbocycles. The van der Waals surface area contributed by atoms with E-state index in [1.54, 1.807) is 5.56 Å². The molecule has 1 aliphatic heterocycles. The largest absolute Gasteiger partial charge is 0.310 e. The molecule has 2 aromatic carbocycles. The smallest absolute Gasteiger partial charge is 0.0294 e. The third kappa shape index (κ3) is 1.35. The second-order valence-electron chi connectivity index (χ2n) is 4.28. The van der Waals surface area contributed by atoms with E-state index in [0.717, 1.165) is 13.0 Å². The predicted octanol–water partition coefficient (Wildman–Crippen LogP) is 3.05. The van der Waals surface area contributed by atoms with E-state index in [2.05, 4.69) is 48.6 Å². The summed E-state index contributed by atoms with van der Waals surface area (Å²) in [5.74, 6) is 0. The Morgan fingerprint density at radius 2 is 2.00 bits per heavy atom. The van der Waals surface area contributed by atoms with E-state index in [0.29, 0.717) is 6.04 Å². The third-order valence-corrected chi connectivity index (χ3v) is 3.37. The van der Waals surface area contributed by atoms with Gasteiger partial charge in [-0.2, -0.15) is 0 Å². The summed E-state index contributed by atoms with van der Waals surface area (Å²) in [5.41, 5.74) is 3.01. The molecule has 76 valence electrons. The molecule has 0 saturated heterocycles. The molecule has 1 aliphatic rings. The molecule has 0 fully saturated rings. The molecule has 1 heterocycles. The molecule has 3 rings (SSSR count). The Labute approximate surface area is 90.1 Å². The highest BCUT2D eigenvalue weighted by molar-refractivity contribution is 5.87. The third-order valence-electron chi connectivity index (χ3n) is 3.37. The normalized spacial score (nSPS) is 20.2. The lowest BCUT2D eigenvalue weighted by Gasteiger charge is -2.25. The molecule has 0 aromatic heterocycles. The van der Waals surface area contributed by atoms with Gasteiger partial charge >= 0.3 is 0 Å². The molecule has 1 heteroatoms. The second kappa shape index (κ2) is 3.35. The molecule has 0 radical (unpaired) electrons. The van der Waals surface area contributed by atoms with Crippen molar-refractivity contribution in [2.45, 2.75) is 19.4 Å². The SMILES string of the molecule is CC1NCCc2c1ccc1ccccc21. The van der Waals surface area contributed by atoms with E-state index in [-0.39, 0.29) is 0 Å². The quantitative estimate of drug-likeness (QED) is 0.684. The van der Waals surface area contributed by atoms with Gasteiger partial charge in [-0.1, -0.05) is 36.4 Å². The maximum atomic E-state index is 3.50. The second-order valence-corrected chi connectivity index (χ2v) is 4.28. The van der Waals surface area contributed by atoms with Crippen molar-refractivity contribution in [1.82, 2.24) is 5.32 Å². The highest BCUT2D eigenvalue weighted by Gasteiger charge is 2.16. The zero-order chi connectivity index (χ0) is 10.3. The molecule has 1 N–H and O–H groups in total. The summed E-state index contributed by atoms with van der Waals surface area (Å²) in [6.07, 6.45) is 1.15. The summed E-state index contributed by atoms with van der Waals surface area (Å²) >= 11 is 0. The Morgan fingerprint density at radius 1 is 1.13 bits per heavy atom. The number of hydrogen-bond donors (Lipinski definition) is 1. The van der Waals surface area contributed by atoms with Gasteiger partial charge in [-0.3, -0.25) is 0 Å². The lowest BCUT2D eigenvalue weighted by molar-refractivity contribution is 0.543. The van der Waals surface area contributed by atoms with Crippen LogP contribution in [-0.2, 0) is 6.42 Å². The average Bonchev–Trinajstić information content (AvgIpc) is 2.29. The summed E-state index contributed by atoms with van der Waals surface area (Å²) < 4.78 is 0. The minimum Gasteiger partial charge on any atom is -0.310 e. The van der Waals surface area contributed by atoms with Crippen LogP contribution < -0.4 is 5.32 Å². The average molecular weight is 197 g/mol. The van der Waals surface area contributed by atoms with Crippen LogP contribution in [0.2, 0.25) is 0 Å². The van der Waals surface area contributed by atoms with Gasteiger partial charge in [0, 0.05) is 6.04 Å². The first-order chi connectivity index (χ1) is 7.36. The number of hydrogen-bond acceptors (Lipinski definition) is 1. The van der Waals surface area contributed by atoms with Crippen LogP contribution in [0.15, 0.2) is 36.4 Å².